The largest absolute Gasteiger partial charge is 0.236 e. The molecule has 1 aliphatic rings. The molecule has 0 atom stereocenters. The molecule has 0 radical (unpaired) electrons. The van der Waals surface area contributed by atoms with Crippen molar-refractivity contribution in [3.63, 3.8) is 0 Å². The zero-order valence-electron chi connectivity index (χ0n) is 4.80. The molecule has 2 nitrogen and oxygen atoms in total. The summed E-state index contributed by atoms with van der Waals surface area (Å²) in [4.78, 5) is 9.45. The lowest BCUT2D eigenvalue weighted by Crippen LogP contribution is -1.99. The molecule has 0 saturated carbocycles. The van der Waals surface area contributed by atoms with Crippen LogP contribution in [0.1, 0.15) is 12.8 Å². The number of hydrogen-bond acceptors (Lipinski definition) is 2. The van der Waals surface area contributed by atoms with Gasteiger partial charge in [0.15, 0.2) is 0 Å². The second-order valence-electron chi connectivity index (χ2n) is 1.69. The van der Waals surface area contributed by atoms with E-state index in [-0.39, 0.29) is 0 Å². The lowest BCUT2D eigenvalue weighted by Gasteiger charge is -2.02. The van der Waals surface area contributed by atoms with Crippen molar-refractivity contribution in [3.8, 4) is 0 Å². The van der Waals surface area contributed by atoms with Crippen LogP contribution in [0.5, 0.6) is 0 Å². The van der Waals surface area contributed by atoms with Crippen LogP contribution in [0.15, 0.2) is 12.2 Å². The van der Waals surface area contributed by atoms with Crippen LogP contribution in [-0.4, -0.2) is 13.2 Å². The Kier molecular flexibility index (Phi) is 2.63. The second-order valence-corrected chi connectivity index (χ2v) is 1.69. The lowest BCUT2D eigenvalue weighted by atomic mass is 10.3. The molecule has 1 rings (SSSR count). The molecule has 0 aromatic carbocycles. The molecule has 46 valence electrons. The van der Waals surface area contributed by atoms with Crippen molar-refractivity contribution in [2.24, 2.45) is 0 Å². The summed E-state index contributed by atoms with van der Waals surface area (Å²) in [5.41, 5.74) is 0. The zero-order valence-corrected chi connectivity index (χ0v) is 4.80. The molecule has 0 fully saturated rings. The number of hydrogen-bond donors (Lipinski definition) is 0. The van der Waals surface area contributed by atoms with Gasteiger partial charge in [0.25, 0.3) is 0 Å². The molecular weight excluding hydrogens is 104 g/mol. The van der Waals surface area contributed by atoms with Gasteiger partial charge in [0.05, 0.1) is 13.2 Å². The quantitative estimate of drug-likeness (QED) is 0.349. The van der Waals surface area contributed by atoms with E-state index in [1.54, 1.807) is 0 Å². The van der Waals surface area contributed by atoms with Crippen LogP contribution in [0.3, 0.4) is 0 Å². The summed E-state index contributed by atoms with van der Waals surface area (Å²) in [6, 6.07) is 0. The van der Waals surface area contributed by atoms with E-state index in [1.165, 1.54) is 0 Å². The van der Waals surface area contributed by atoms with Crippen LogP contribution >= 0.6 is 0 Å². The fourth-order valence-corrected chi connectivity index (χ4v) is 0.586. The van der Waals surface area contributed by atoms with Crippen LogP contribution in [0.4, 0.5) is 0 Å². The topological polar surface area (TPSA) is 18.5 Å². The van der Waals surface area contributed by atoms with E-state index in [0.29, 0.717) is 13.2 Å². The fourth-order valence-electron chi connectivity index (χ4n) is 0.586. The normalized spacial score (nSPS) is 26.0. The average molecular weight is 114 g/mol. The van der Waals surface area contributed by atoms with E-state index in [0.717, 1.165) is 12.8 Å². The first kappa shape index (κ1) is 5.79. The van der Waals surface area contributed by atoms with Crippen LogP contribution in [-0.2, 0) is 9.78 Å². The summed E-state index contributed by atoms with van der Waals surface area (Å²) in [7, 11) is 0. The van der Waals surface area contributed by atoms with Crippen LogP contribution in [0, 0.1) is 0 Å². The summed E-state index contributed by atoms with van der Waals surface area (Å²) >= 11 is 0. The maximum atomic E-state index is 4.72. The molecule has 0 unspecified atom stereocenters. The molecule has 0 N–H and O–H groups in total. The molecule has 0 aliphatic carbocycles. The van der Waals surface area contributed by atoms with Crippen molar-refractivity contribution in [2.45, 2.75) is 12.8 Å². The Morgan fingerprint density at radius 1 is 0.875 bits per heavy atom. The van der Waals surface area contributed by atoms with Gasteiger partial charge in [-0.3, -0.25) is 0 Å². The Bertz CT molecular complexity index is 68.6. The molecule has 1 heterocycles. The molecular formula is C6H10O2. The molecule has 0 saturated heterocycles. The third-order valence-electron chi connectivity index (χ3n) is 0.986. The zero-order chi connectivity index (χ0) is 5.66. The van der Waals surface area contributed by atoms with Gasteiger partial charge in [-0.05, 0) is 12.8 Å². The SMILES string of the molecule is C1=C/CCOOCC/1. The van der Waals surface area contributed by atoms with E-state index in [4.69, 9.17) is 9.78 Å². The Hall–Kier alpha value is -0.340. The van der Waals surface area contributed by atoms with Crippen molar-refractivity contribution < 1.29 is 9.78 Å². The van der Waals surface area contributed by atoms with Gasteiger partial charge in [-0.1, -0.05) is 12.2 Å². The minimum absolute atomic E-state index is 0.691. The van der Waals surface area contributed by atoms with Gasteiger partial charge in [0.2, 0.25) is 0 Å². The van der Waals surface area contributed by atoms with Crippen LogP contribution in [0.2, 0.25) is 0 Å². The van der Waals surface area contributed by atoms with Gasteiger partial charge in [0.1, 0.15) is 0 Å². The molecule has 0 amide bonds. The van der Waals surface area contributed by atoms with E-state index < -0.39 is 0 Å². The Morgan fingerprint density at radius 2 is 1.38 bits per heavy atom. The Labute approximate surface area is 49.0 Å². The minimum Gasteiger partial charge on any atom is -0.236 e. The van der Waals surface area contributed by atoms with E-state index in [1.807, 2.05) is 0 Å². The van der Waals surface area contributed by atoms with Gasteiger partial charge in [0, 0.05) is 0 Å². The molecule has 8 heavy (non-hydrogen) atoms. The van der Waals surface area contributed by atoms with Crippen LogP contribution in [0.25, 0.3) is 0 Å². The van der Waals surface area contributed by atoms with E-state index in [9.17, 15) is 0 Å². The summed E-state index contributed by atoms with van der Waals surface area (Å²) in [5.74, 6) is 0. The van der Waals surface area contributed by atoms with Gasteiger partial charge in [-0.25, -0.2) is 9.78 Å². The average Bonchev–Trinajstić information content (AvgIpc) is 1.62. The van der Waals surface area contributed by atoms with Crippen LogP contribution < -0.4 is 0 Å². The highest BCUT2D eigenvalue weighted by molar-refractivity contribution is 4.81. The lowest BCUT2D eigenvalue weighted by molar-refractivity contribution is -0.293. The van der Waals surface area contributed by atoms with Crippen molar-refractivity contribution in [3.05, 3.63) is 12.2 Å². The van der Waals surface area contributed by atoms with Gasteiger partial charge < -0.3 is 0 Å². The first-order valence-electron chi connectivity index (χ1n) is 2.89. The van der Waals surface area contributed by atoms with Crippen molar-refractivity contribution in [2.75, 3.05) is 13.2 Å². The smallest absolute Gasteiger partial charge is 0.0856 e. The number of rotatable bonds is 0. The minimum atomic E-state index is 0.691. The molecule has 0 aromatic rings. The molecule has 2 heteroatoms. The Morgan fingerprint density at radius 3 is 1.88 bits per heavy atom. The third kappa shape index (κ3) is 2.09. The fraction of sp³-hybridized carbons (Fsp3) is 0.667. The maximum Gasteiger partial charge on any atom is 0.0856 e. The predicted octanol–water partition coefficient (Wildman–Crippen LogP) is 1.28. The molecule has 0 bridgehead atoms. The highest BCUT2D eigenvalue weighted by atomic mass is 17.2. The highest BCUT2D eigenvalue weighted by Crippen LogP contribution is 1.95. The molecule has 0 spiro atoms. The summed E-state index contributed by atoms with van der Waals surface area (Å²) < 4.78 is 0. The summed E-state index contributed by atoms with van der Waals surface area (Å²) in [5, 5.41) is 0. The monoisotopic (exact) mass is 114 g/mol. The standard InChI is InChI=1S/C6H10O2/c1-2-4-6-8-7-5-3-1/h1-2H,3-6H2/b2-1+. The summed E-state index contributed by atoms with van der Waals surface area (Å²) in [6.07, 6.45) is 6.17. The first-order valence-corrected chi connectivity index (χ1v) is 2.89. The van der Waals surface area contributed by atoms with Gasteiger partial charge >= 0.3 is 0 Å². The highest BCUT2D eigenvalue weighted by Gasteiger charge is 1.89. The maximum absolute atomic E-state index is 4.72. The van der Waals surface area contributed by atoms with Gasteiger partial charge in [-0.15, -0.1) is 0 Å². The Balaban J connectivity index is 2.17. The molecule has 1 aliphatic heterocycles. The van der Waals surface area contributed by atoms with Gasteiger partial charge in [-0.2, -0.15) is 0 Å². The van der Waals surface area contributed by atoms with Crippen molar-refractivity contribution in [1.82, 2.24) is 0 Å². The van der Waals surface area contributed by atoms with E-state index >= 15 is 0 Å². The van der Waals surface area contributed by atoms with Crippen molar-refractivity contribution >= 4 is 0 Å². The predicted molar refractivity (Wildman–Crippen MR) is 30.3 cm³/mol. The molecule has 0 aromatic heterocycles. The van der Waals surface area contributed by atoms with Crippen molar-refractivity contribution in [1.29, 1.82) is 0 Å². The van der Waals surface area contributed by atoms with E-state index in [2.05, 4.69) is 12.2 Å². The second kappa shape index (κ2) is 3.64. The first-order chi connectivity index (χ1) is 4.00. The third-order valence-corrected chi connectivity index (χ3v) is 0.986. The summed E-state index contributed by atoms with van der Waals surface area (Å²) in [6.45, 7) is 1.38.